The average molecular weight is 566 g/mol. The van der Waals surface area contributed by atoms with Gasteiger partial charge in [-0.3, -0.25) is 9.59 Å². The average Bonchev–Trinajstić information content (AvgIpc) is 2.89. The SMILES string of the molecule is O=c1[nH]ncc(N[C@H]2CCC[C@@H](Cn3cc(F)c4cc(-c5ncc(O)cn5)c(F)c(F)c4c3=O)C2)c1C(F)(F)F. The number of alkyl halides is 3. The van der Waals surface area contributed by atoms with Gasteiger partial charge in [-0.2, -0.15) is 18.3 Å². The summed E-state index contributed by atoms with van der Waals surface area (Å²) in [6.07, 6.45) is 0.503. The molecule has 0 bridgehead atoms. The van der Waals surface area contributed by atoms with E-state index in [4.69, 9.17) is 0 Å². The summed E-state index contributed by atoms with van der Waals surface area (Å²) < 4.78 is 86.3. The summed E-state index contributed by atoms with van der Waals surface area (Å²) in [6, 6.07) is 0.391. The molecule has 0 saturated heterocycles. The number of aromatic nitrogens is 5. The normalized spacial score (nSPS) is 17.8. The number of pyridine rings is 1. The van der Waals surface area contributed by atoms with Crippen LogP contribution in [0.3, 0.4) is 0 Å². The Balaban J connectivity index is 1.43. The fourth-order valence-corrected chi connectivity index (χ4v) is 5.07. The highest BCUT2D eigenvalue weighted by Crippen LogP contribution is 2.34. The number of hydrogen-bond donors (Lipinski definition) is 3. The highest BCUT2D eigenvalue weighted by Gasteiger charge is 2.38. The molecule has 3 aromatic heterocycles. The van der Waals surface area contributed by atoms with Crippen molar-refractivity contribution in [3.63, 3.8) is 0 Å². The van der Waals surface area contributed by atoms with Crippen molar-refractivity contribution in [2.24, 2.45) is 5.92 Å². The summed E-state index contributed by atoms with van der Waals surface area (Å²) in [7, 11) is 0. The zero-order chi connectivity index (χ0) is 28.8. The number of H-pyrrole nitrogens is 1. The molecule has 4 aromatic rings. The topological polar surface area (TPSA) is 126 Å². The van der Waals surface area contributed by atoms with Crippen molar-refractivity contribution in [1.29, 1.82) is 0 Å². The quantitative estimate of drug-likeness (QED) is 0.307. The van der Waals surface area contributed by atoms with E-state index >= 15 is 8.78 Å². The first-order valence-corrected chi connectivity index (χ1v) is 12.1. The van der Waals surface area contributed by atoms with Gasteiger partial charge in [0.2, 0.25) is 0 Å². The van der Waals surface area contributed by atoms with E-state index < -0.39 is 68.4 Å². The highest BCUT2D eigenvalue weighted by atomic mass is 19.4. The van der Waals surface area contributed by atoms with Gasteiger partial charge in [0.25, 0.3) is 11.1 Å². The molecular formula is C25H20F6N6O3. The van der Waals surface area contributed by atoms with E-state index in [1.807, 2.05) is 0 Å². The Morgan fingerprint density at radius 1 is 1.07 bits per heavy atom. The molecule has 1 aromatic carbocycles. The van der Waals surface area contributed by atoms with Gasteiger partial charge in [-0.1, -0.05) is 6.42 Å². The number of hydrogen-bond acceptors (Lipinski definition) is 7. The predicted octanol–water partition coefficient (Wildman–Crippen LogP) is 4.35. The lowest BCUT2D eigenvalue weighted by Gasteiger charge is -2.31. The largest absolute Gasteiger partial charge is 0.505 e. The summed E-state index contributed by atoms with van der Waals surface area (Å²) in [4.78, 5) is 32.3. The molecule has 5 rings (SSSR count). The molecule has 0 unspecified atom stereocenters. The molecule has 0 spiro atoms. The Hall–Kier alpha value is -4.43. The molecule has 40 heavy (non-hydrogen) atoms. The van der Waals surface area contributed by atoms with Gasteiger partial charge in [0, 0.05) is 24.2 Å². The maximum Gasteiger partial charge on any atom is 0.423 e. The van der Waals surface area contributed by atoms with Crippen LogP contribution in [0, 0.1) is 23.4 Å². The lowest BCUT2D eigenvalue weighted by molar-refractivity contribution is -0.138. The van der Waals surface area contributed by atoms with Crippen molar-refractivity contribution in [3.8, 4) is 17.1 Å². The van der Waals surface area contributed by atoms with Crippen LogP contribution in [0.2, 0.25) is 0 Å². The zero-order valence-electron chi connectivity index (χ0n) is 20.4. The molecule has 1 saturated carbocycles. The molecule has 0 radical (unpaired) electrons. The third-order valence-corrected chi connectivity index (χ3v) is 6.82. The third kappa shape index (κ3) is 5.10. The Kier molecular flexibility index (Phi) is 6.98. The minimum absolute atomic E-state index is 0.104. The van der Waals surface area contributed by atoms with Gasteiger partial charge in [0.15, 0.2) is 23.2 Å². The lowest BCUT2D eigenvalue weighted by Crippen LogP contribution is -2.34. The second-order valence-corrected chi connectivity index (χ2v) is 9.53. The molecule has 0 amide bonds. The van der Waals surface area contributed by atoms with Crippen molar-refractivity contribution in [2.45, 2.75) is 44.4 Å². The van der Waals surface area contributed by atoms with E-state index in [0.29, 0.717) is 19.3 Å². The highest BCUT2D eigenvalue weighted by molar-refractivity contribution is 5.87. The maximum absolute atomic E-state index is 15.1. The second-order valence-electron chi connectivity index (χ2n) is 9.53. The van der Waals surface area contributed by atoms with Crippen LogP contribution in [0.5, 0.6) is 5.75 Å². The fourth-order valence-electron chi connectivity index (χ4n) is 5.07. The van der Waals surface area contributed by atoms with Gasteiger partial charge in [0.1, 0.15) is 11.4 Å². The Labute approximate surface area is 220 Å². The number of aromatic amines is 1. The molecule has 3 N–H and O–H groups in total. The van der Waals surface area contributed by atoms with Crippen molar-refractivity contribution in [2.75, 3.05) is 5.32 Å². The molecule has 3 heterocycles. The summed E-state index contributed by atoms with van der Waals surface area (Å²) in [6.45, 7) is -0.104. The summed E-state index contributed by atoms with van der Waals surface area (Å²) in [5.74, 6) is -5.06. The van der Waals surface area contributed by atoms with Crippen molar-refractivity contribution in [3.05, 3.63) is 74.6 Å². The zero-order valence-corrected chi connectivity index (χ0v) is 20.4. The van der Waals surface area contributed by atoms with E-state index in [2.05, 4.69) is 20.4 Å². The van der Waals surface area contributed by atoms with Gasteiger partial charge in [-0.15, -0.1) is 0 Å². The maximum atomic E-state index is 15.1. The first-order valence-electron chi connectivity index (χ1n) is 12.1. The number of halogens is 6. The molecule has 1 fully saturated rings. The number of aromatic hydroxyl groups is 1. The Bertz CT molecular complexity index is 1700. The molecule has 210 valence electrons. The molecule has 9 nitrogen and oxygen atoms in total. The third-order valence-electron chi connectivity index (χ3n) is 6.82. The first-order chi connectivity index (χ1) is 18.9. The second kappa shape index (κ2) is 10.3. The van der Waals surface area contributed by atoms with Crippen molar-refractivity contribution in [1.82, 2.24) is 24.7 Å². The van der Waals surface area contributed by atoms with Crippen LogP contribution in [0.1, 0.15) is 31.2 Å². The molecule has 1 aliphatic carbocycles. The van der Waals surface area contributed by atoms with E-state index in [1.165, 1.54) is 0 Å². The minimum Gasteiger partial charge on any atom is -0.505 e. The van der Waals surface area contributed by atoms with Gasteiger partial charge < -0.3 is 15.0 Å². The van der Waals surface area contributed by atoms with Gasteiger partial charge in [-0.25, -0.2) is 28.2 Å². The first kappa shape index (κ1) is 27.1. The van der Waals surface area contributed by atoms with Crippen LogP contribution in [-0.2, 0) is 12.7 Å². The number of rotatable bonds is 5. The van der Waals surface area contributed by atoms with E-state index in [9.17, 15) is 32.3 Å². The van der Waals surface area contributed by atoms with E-state index in [1.54, 1.807) is 5.10 Å². The minimum atomic E-state index is -4.92. The number of fused-ring (bicyclic) bond motifs is 1. The van der Waals surface area contributed by atoms with Gasteiger partial charge >= 0.3 is 6.18 Å². The molecular weight excluding hydrogens is 546 g/mol. The molecule has 1 aliphatic rings. The van der Waals surface area contributed by atoms with Crippen LogP contribution in [0.15, 0.2) is 40.4 Å². The number of benzene rings is 1. The Morgan fingerprint density at radius 3 is 2.50 bits per heavy atom. The van der Waals surface area contributed by atoms with E-state index in [0.717, 1.165) is 35.4 Å². The van der Waals surface area contributed by atoms with Crippen molar-refractivity contribution < 1.29 is 31.4 Å². The van der Waals surface area contributed by atoms with Crippen molar-refractivity contribution >= 4 is 16.5 Å². The van der Waals surface area contributed by atoms with Crippen LogP contribution < -0.4 is 16.4 Å². The smallest absolute Gasteiger partial charge is 0.423 e. The molecule has 2 atom stereocenters. The molecule has 15 heteroatoms. The van der Waals surface area contributed by atoms with Gasteiger partial charge in [0.05, 0.1) is 35.2 Å². The number of nitrogens with zero attached hydrogens (tertiary/aromatic N) is 4. The predicted molar refractivity (Wildman–Crippen MR) is 130 cm³/mol. The van der Waals surface area contributed by atoms with Crippen LogP contribution >= 0.6 is 0 Å². The monoisotopic (exact) mass is 566 g/mol. The fraction of sp³-hybridized carbons (Fsp3) is 0.320. The lowest BCUT2D eigenvalue weighted by atomic mass is 9.85. The van der Waals surface area contributed by atoms with E-state index in [-0.39, 0.29) is 30.5 Å². The van der Waals surface area contributed by atoms with Crippen LogP contribution in [-0.4, -0.2) is 35.9 Å². The summed E-state index contributed by atoms with van der Waals surface area (Å²) in [5.41, 5.74) is -4.78. The number of anilines is 1. The summed E-state index contributed by atoms with van der Waals surface area (Å²) >= 11 is 0. The van der Waals surface area contributed by atoms with Gasteiger partial charge in [-0.05, 0) is 31.2 Å². The Morgan fingerprint density at radius 2 is 1.80 bits per heavy atom. The molecule has 0 aliphatic heterocycles. The van der Waals surface area contributed by atoms with Crippen LogP contribution in [0.4, 0.5) is 32.0 Å². The standard InChI is InChI=1S/C25H20F6N6O3/c26-16-10-37(24(40)18-14(16)5-15(20(27)21(18)28)22-32-6-13(38)7-33-22)9-11-2-1-3-12(4-11)35-17-8-34-36-23(39)19(17)25(29,30)31/h5-8,10-12,38H,1-4,9H2,(H2,35,36,39)/t11-,12+/m1/s1. The van der Waals surface area contributed by atoms with Crippen LogP contribution in [0.25, 0.3) is 22.2 Å². The summed E-state index contributed by atoms with van der Waals surface area (Å²) in [5, 5.41) is 15.9. The number of nitrogens with one attached hydrogen (secondary N) is 2.